The SMILES string of the molecule is CCCCCC1(C2CC(N)CCN2)OCC1Cc1ccccc1. The minimum Gasteiger partial charge on any atom is -0.373 e. The van der Waals surface area contributed by atoms with Crippen molar-refractivity contribution in [1.82, 2.24) is 5.32 Å². The lowest BCUT2D eigenvalue weighted by molar-refractivity contribution is -0.228. The van der Waals surface area contributed by atoms with Crippen molar-refractivity contribution in [3.8, 4) is 0 Å². The highest BCUT2D eigenvalue weighted by Crippen LogP contribution is 2.44. The minimum absolute atomic E-state index is 0.00303. The first-order chi connectivity index (χ1) is 11.2. The Morgan fingerprint density at radius 2 is 2.09 bits per heavy atom. The Bertz CT molecular complexity index is 478. The van der Waals surface area contributed by atoms with E-state index < -0.39 is 0 Å². The van der Waals surface area contributed by atoms with Gasteiger partial charge in [-0.15, -0.1) is 0 Å². The van der Waals surface area contributed by atoms with E-state index in [-0.39, 0.29) is 5.60 Å². The zero-order valence-electron chi connectivity index (χ0n) is 14.5. The molecule has 0 radical (unpaired) electrons. The highest BCUT2D eigenvalue weighted by Gasteiger charge is 2.53. The molecule has 2 aliphatic heterocycles. The van der Waals surface area contributed by atoms with E-state index in [1.807, 2.05) is 0 Å². The van der Waals surface area contributed by atoms with Gasteiger partial charge in [0.05, 0.1) is 12.2 Å². The predicted octanol–water partition coefficient (Wildman–Crippen LogP) is 3.27. The van der Waals surface area contributed by atoms with E-state index in [1.165, 1.54) is 31.2 Å². The van der Waals surface area contributed by atoms with Crippen molar-refractivity contribution in [2.24, 2.45) is 11.7 Å². The van der Waals surface area contributed by atoms with E-state index in [2.05, 4.69) is 42.6 Å². The van der Waals surface area contributed by atoms with E-state index in [0.29, 0.717) is 18.0 Å². The molecule has 4 unspecified atom stereocenters. The van der Waals surface area contributed by atoms with E-state index in [0.717, 1.165) is 32.4 Å². The Morgan fingerprint density at radius 3 is 2.74 bits per heavy atom. The van der Waals surface area contributed by atoms with E-state index in [9.17, 15) is 0 Å². The molecule has 2 aliphatic rings. The quantitative estimate of drug-likeness (QED) is 0.759. The molecule has 0 aliphatic carbocycles. The van der Waals surface area contributed by atoms with Crippen LogP contribution in [-0.4, -0.2) is 30.8 Å². The van der Waals surface area contributed by atoms with Crippen LogP contribution in [0, 0.1) is 5.92 Å². The number of piperidine rings is 1. The summed E-state index contributed by atoms with van der Waals surface area (Å²) in [5.41, 5.74) is 7.69. The number of benzene rings is 1. The van der Waals surface area contributed by atoms with Crippen LogP contribution in [0.2, 0.25) is 0 Å². The van der Waals surface area contributed by atoms with Gasteiger partial charge in [0.2, 0.25) is 0 Å². The van der Waals surface area contributed by atoms with Gasteiger partial charge in [-0.1, -0.05) is 56.5 Å². The highest BCUT2D eigenvalue weighted by molar-refractivity contribution is 5.18. The summed E-state index contributed by atoms with van der Waals surface area (Å²) in [6.07, 6.45) is 8.25. The fourth-order valence-corrected chi connectivity index (χ4v) is 4.35. The van der Waals surface area contributed by atoms with Gasteiger partial charge in [-0.25, -0.2) is 0 Å². The molecule has 3 heteroatoms. The maximum absolute atomic E-state index is 6.32. The highest BCUT2D eigenvalue weighted by atomic mass is 16.5. The van der Waals surface area contributed by atoms with Crippen LogP contribution in [0.25, 0.3) is 0 Å². The van der Waals surface area contributed by atoms with Crippen molar-refractivity contribution in [3.63, 3.8) is 0 Å². The third kappa shape index (κ3) is 3.78. The minimum atomic E-state index is 0.00303. The first-order valence-corrected chi connectivity index (χ1v) is 9.41. The zero-order chi connectivity index (χ0) is 16.1. The first kappa shape index (κ1) is 16.9. The van der Waals surface area contributed by atoms with Crippen LogP contribution in [0.15, 0.2) is 30.3 Å². The smallest absolute Gasteiger partial charge is 0.0888 e. The molecule has 3 nitrogen and oxygen atoms in total. The van der Waals surface area contributed by atoms with E-state index >= 15 is 0 Å². The molecule has 2 fully saturated rings. The van der Waals surface area contributed by atoms with Gasteiger partial charge in [0.15, 0.2) is 0 Å². The lowest BCUT2D eigenvalue weighted by atomic mass is 9.68. The molecule has 0 bridgehead atoms. The third-order valence-electron chi connectivity index (χ3n) is 5.77. The molecule has 4 atom stereocenters. The number of ether oxygens (including phenoxy) is 1. The summed E-state index contributed by atoms with van der Waals surface area (Å²) >= 11 is 0. The number of nitrogens with one attached hydrogen (secondary N) is 1. The van der Waals surface area contributed by atoms with Crippen LogP contribution in [0.5, 0.6) is 0 Å². The predicted molar refractivity (Wildman–Crippen MR) is 95.5 cm³/mol. The van der Waals surface area contributed by atoms with Crippen molar-refractivity contribution in [1.29, 1.82) is 0 Å². The maximum Gasteiger partial charge on any atom is 0.0888 e. The fourth-order valence-electron chi connectivity index (χ4n) is 4.35. The van der Waals surface area contributed by atoms with Gasteiger partial charge in [0.1, 0.15) is 0 Å². The normalized spacial score (nSPS) is 34.1. The molecule has 3 N–H and O–H groups in total. The monoisotopic (exact) mass is 316 g/mol. The van der Waals surface area contributed by atoms with Gasteiger partial charge in [-0.3, -0.25) is 0 Å². The Morgan fingerprint density at radius 1 is 1.26 bits per heavy atom. The van der Waals surface area contributed by atoms with Crippen molar-refractivity contribution >= 4 is 0 Å². The molecule has 2 heterocycles. The van der Waals surface area contributed by atoms with Gasteiger partial charge >= 0.3 is 0 Å². The molecule has 1 aromatic carbocycles. The second-order valence-electron chi connectivity index (χ2n) is 7.40. The van der Waals surface area contributed by atoms with Crippen LogP contribution in [0.4, 0.5) is 0 Å². The van der Waals surface area contributed by atoms with Gasteiger partial charge < -0.3 is 15.8 Å². The molecule has 0 spiro atoms. The first-order valence-electron chi connectivity index (χ1n) is 9.41. The summed E-state index contributed by atoms with van der Waals surface area (Å²) in [5, 5.41) is 3.73. The van der Waals surface area contributed by atoms with Crippen LogP contribution < -0.4 is 11.1 Å². The van der Waals surface area contributed by atoms with Crippen molar-refractivity contribution in [2.75, 3.05) is 13.2 Å². The molecular weight excluding hydrogens is 284 g/mol. The number of rotatable bonds is 7. The fraction of sp³-hybridized carbons (Fsp3) is 0.700. The Labute approximate surface area is 141 Å². The lowest BCUT2D eigenvalue weighted by Crippen LogP contribution is -2.68. The molecule has 2 saturated heterocycles. The summed E-state index contributed by atoms with van der Waals surface area (Å²) in [7, 11) is 0. The van der Waals surface area contributed by atoms with Crippen molar-refractivity contribution in [3.05, 3.63) is 35.9 Å². The van der Waals surface area contributed by atoms with Gasteiger partial charge in [-0.05, 0) is 37.8 Å². The number of hydrogen-bond acceptors (Lipinski definition) is 3. The van der Waals surface area contributed by atoms with Gasteiger partial charge in [0.25, 0.3) is 0 Å². The Balaban J connectivity index is 1.72. The second-order valence-corrected chi connectivity index (χ2v) is 7.40. The zero-order valence-corrected chi connectivity index (χ0v) is 14.5. The largest absolute Gasteiger partial charge is 0.373 e. The Hall–Kier alpha value is -0.900. The topological polar surface area (TPSA) is 47.3 Å². The summed E-state index contributed by atoms with van der Waals surface area (Å²) in [5.74, 6) is 0.615. The molecule has 1 aromatic rings. The summed E-state index contributed by atoms with van der Waals surface area (Å²) in [4.78, 5) is 0. The van der Waals surface area contributed by atoms with E-state index in [4.69, 9.17) is 10.5 Å². The van der Waals surface area contributed by atoms with E-state index in [1.54, 1.807) is 0 Å². The summed E-state index contributed by atoms with van der Waals surface area (Å²) in [6.45, 7) is 4.20. The molecule has 128 valence electrons. The van der Waals surface area contributed by atoms with Crippen molar-refractivity contribution < 1.29 is 4.74 Å². The lowest BCUT2D eigenvalue weighted by Gasteiger charge is -2.56. The van der Waals surface area contributed by atoms with Crippen LogP contribution in [0.1, 0.15) is 51.0 Å². The van der Waals surface area contributed by atoms with Gasteiger partial charge in [0, 0.05) is 18.0 Å². The molecule has 3 rings (SSSR count). The van der Waals surface area contributed by atoms with Crippen LogP contribution in [0.3, 0.4) is 0 Å². The molecule has 0 saturated carbocycles. The standard InChI is InChI=1S/C20H32N2O/c1-2-3-7-11-20(19-14-18(21)10-12-22-19)17(15-23-20)13-16-8-5-4-6-9-16/h4-6,8-9,17-19,22H,2-3,7,10-15,21H2,1H3. The summed E-state index contributed by atoms with van der Waals surface area (Å²) in [6, 6.07) is 11.6. The average molecular weight is 316 g/mol. The average Bonchev–Trinajstić information content (AvgIpc) is 2.56. The molecule has 0 amide bonds. The van der Waals surface area contributed by atoms with Gasteiger partial charge in [-0.2, -0.15) is 0 Å². The number of unbranched alkanes of at least 4 members (excludes halogenated alkanes) is 2. The summed E-state index contributed by atoms with van der Waals surface area (Å²) < 4.78 is 6.32. The molecule has 23 heavy (non-hydrogen) atoms. The third-order valence-corrected chi connectivity index (χ3v) is 5.77. The number of nitrogens with two attached hydrogens (primary N) is 1. The van der Waals surface area contributed by atoms with Crippen molar-refractivity contribution in [2.45, 2.75) is 69.6 Å². The molecular formula is C20H32N2O. The Kier molecular flexibility index (Phi) is 5.73. The van der Waals surface area contributed by atoms with Crippen LogP contribution >= 0.6 is 0 Å². The van der Waals surface area contributed by atoms with Crippen LogP contribution in [-0.2, 0) is 11.2 Å². The second kappa shape index (κ2) is 7.78. The number of hydrogen-bond donors (Lipinski definition) is 2. The maximum atomic E-state index is 6.32. The molecule has 0 aromatic heterocycles.